The Labute approximate surface area is 110 Å². The lowest BCUT2D eigenvalue weighted by Gasteiger charge is -2.14. The van der Waals surface area contributed by atoms with E-state index >= 15 is 0 Å². The van der Waals surface area contributed by atoms with Gasteiger partial charge in [-0.2, -0.15) is 11.3 Å². The van der Waals surface area contributed by atoms with Crippen LogP contribution in [0.5, 0.6) is 0 Å². The highest BCUT2D eigenvalue weighted by atomic mass is 32.1. The number of thiophene rings is 1. The van der Waals surface area contributed by atoms with Gasteiger partial charge in [0.25, 0.3) is 5.91 Å². The standard InChI is InChI=1S/C13H15N3OS/c1-9(6-10-3-5-18-8-10)16-11-2-4-15-12(7-11)13(14)17/h2-5,7-9H,6H2,1H3,(H2,14,17)(H,15,16). The summed E-state index contributed by atoms with van der Waals surface area (Å²) in [7, 11) is 0. The number of nitrogens with one attached hydrogen (secondary N) is 1. The Morgan fingerprint density at radius 1 is 1.56 bits per heavy atom. The molecule has 2 aromatic rings. The van der Waals surface area contributed by atoms with Crippen molar-refractivity contribution in [2.45, 2.75) is 19.4 Å². The first kappa shape index (κ1) is 12.6. The first-order valence-electron chi connectivity index (χ1n) is 5.68. The van der Waals surface area contributed by atoms with E-state index in [9.17, 15) is 4.79 Å². The minimum absolute atomic E-state index is 0.280. The SMILES string of the molecule is CC(Cc1ccsc1)Nc1ccnc(C(N)=O)c1. The van der Waals surface area contributed by atoms with E-state index in [0.717, 1.165) is 12.1 Å². The van der Waals surface area contributed by atoms with E-state index in [0.29, 0.717) is 0 Å². The zero-order chi connectivity index (χ0) is 13.0. The van der Waals surface area contributed by atoms with E-state index in [1.807, 2.05) is 6.07 Å². The predicted octanol–water partition coefficient (Wildman–Crippen LogP) is 2.29. The smallest absolute Gasteiger partial charge is 0.267 e. The number of carbonyl (C=O) groups excluding carboxylic acids is 1. The molecule has 0 aliphatic rings. The third kappa shape index (κ3) is 3.30. The number of nitrogens with two attached hydrogens (primary N) is 1. The number of primary amides is 1. The van der Waals surface area contributed by atoms with E-state index < -0.39 is 5.91 Å². The Bertz CT molecular complexity index is 525. The number of carbonyl (C=O) groups is 1. The monoisotopic (exact) mass is 261 g/mol. The molecule has 0 aliphatic carbocycles. The van der Waals surface area contributed by atoms with Crippen LogP contribution < -0.4 is 11.1 Å². The van der Waals surface area contributed by atoms with Gasteiger partial charge in [0.05, 0.1) is 0 Å². The molecule has 0 fully saturated rings. The van der Waals surface area contributed by atoms with Crippen LogP contribution in [0.3, 0.4) is 0 Å². The van der Waals surface area contributed by atoms with Crippen molar-refractivity contribution in [1.29, 1.82) is 0 Å². The second kappa shape index (κ2) is 5.64. The molecular weight excluding hydrogens is 246 g/mol. The Kier molecular flexibility index (Phi) is 3.94. The highest BCUT2D eigenvalue weighted by molar-refractivity contribution is 7.07. The largest absolute Gasteiger partial charge is 0.382 e. The maximum atomic E-state index is 11.0. The van der Waals surface area contributed by atoms with Gasteiger partial charge in [-0.1, -0.05) is 0 Å². The van der Waals surface area contributed by atoms with Gasteiger partial charge in [-0.05, 0) is 47.9 Å². The van der Waals surface area contributed by atoms with Gasteiger partial charge >= 0.3 is 0 Å². The number of pyridine rings is 1. The summed E-state index contributed by atoms with van der Waals surface area (Å²) in [5.74, 6) is -0.510. The fourth-order valence-corrected chi connectivity index (χ4v) is 2.43. The number of nitrogens with zero attached hydrogens (tertiary/aromatic N) is 1. The third-order valence-electron chi connectivity index (χ3n) is 2.55. The lowest BCUT2D eigenvalue weighted by atomic mass is 10.1. The number of rotatable bonds is 5. The highest BCUT2D eigenvalue weighted by Crippen LogP contribution is 2.13. The molecule has 1 unspecified atom stereocenters. The van der Waals surface area contributed by atoms with Crippen LogP contribution in [0.25, 0.3) is 0 Å². The summed E-state index contributed by atoms with van der Waals surface area (Å²) in [4.78, 5) is 14.9. The number of anilines is 1. The van der Waals surface area contributed by atoms with E-state index in [1.165, 1.54) is 5.56 Å². The fourth-order valence-electron chi connectivity index (χ4n) is 1.75. The molecule has 2 heterocycles. The molecule has 0 bridgehead atoms. The van der Waals surface area contributed by atoms with E-state index in [-0.39, 0.29) is 11.7 Å². The molecule has 0 saturated heterocycles. The van der Waals surface area contributed by atoms with Gasteiger partial charge < -0.3 is 11.1 Å². The third-order valence-corrected chi connectivity index (χ3v) is 3.28. The topological polar surface area (TPSA) is 68.0 Å². The van der Waals surface area contributed by atoms with Crippen LogP contribution in [0.2, 0.25) is 0 Å². The van der Waals surface area contributed by atoms with Crippen molar-refractivity contribution in [2.24, 2.45) is 5.73 Å². The second-order valence-corrected chi connectivity index (χ2v) is 4.96. The van der Waals surface area contributed by atoms with Crippen molar-refractivity contribution in [3.63, 3.8) is 0 Å². The number of hydrogen-bond donors (Lipinski definition) is 2. The summed E-state index contributed by atoms with van der Waals surface area (Å²) < 4.78 is 0. The molecule has 0 radical (unpaired) electrons. The Hall–Kier alpha value is -1.88. The van der Waals surface area contributed by atoms with Crippen LogP contribution >= 0.6 is 11.3 Å². The van der Waals surface area contributed by atoms with Gasteiger partial charge in [0.15, 0.2) is 0 Å². The zero-order valence-corrected chi connectivity index (χ0v) is 10.9. The van der Waals surface area contributed by atoms with Crippen molar-refractivity contribution >= 4 is 22.9 Å². The average molecular weight is 261 g/mol. The molecule has 3 N–H and O–H groups in total. The lowest BCUT2D eigenvalue weighted by Crippen LogP contribution is -2.19. The number of amides is 1. The van der Waals surface area contributed by atoms with Crippen LogP contribution in [0.1, 0.15) is 23.0 Å². The summed E-state index contributed by atoms with van der Waals surface area (Å²) in [6.45, 7) is 2.10. The van der Waals surface area contributed by atoms with Crippen LogP contribution in [0, 0.1) is 0 Å². The van der Waals surface area contributed by atoms with Gasteiger partial charge in [-0.25, -0.2) is 0 Å². The number of aromatic nitrogens is 1. The van der Waals surface area contributed by atoms with Crippen molar-refractivity contribution < 1.29 is 4.79 Å². The molecule has 2 rings (SSSR count). The van der Waals surface area contributed by atoms with Crippen LogP contribution in [-0.4, -0.2) is 16.9 Å². The molecule has 5 heteroatoms. The molecule has 0 saturated carbocycles. The Morgan fingerprint density at radius 3 is 3.06 bits per heavy atom. The first-order chi connectivity index (χ1) is 8.65. The Balaban J connectivity index is 2.00. The minimum Gasteiger partial charge on any atom is -0.382 e. The summed E-state index contributed by atoms with van der Waals surface area (Å²) in [6.07, 6.45) is 2.53. The van der Waals surface area contributed by atoms with Crippen molar-refractivity contribution in [2.75, 3.05) is 5.32 Å². The van der Waals surface area contributed by atoms with Gasteiger partial charge in [0.1, 0.15) is 5.69 Å². The molecule has 1 atom stereocenters. The number of hydrogen-bond acceptors (Lipinski definition) is 4. The second-order valence-electron chi connectivity index (χ2n) is 4.18. The van der Waals surface area contributed by atoms with Crippen LogP contribution in [-0.2, 0) is 6.42 Å². The van der Waals surface area contributed by atoms with Crippen LogP contribution in [0.4, 0.5) is 5.69 Å². The molecule has 0 aromatic carbocycles. The summed E-state index contributed by atoms with van der Waals surface area (Å²) in [5.41, 5.74) is 7.65. The zero-order valence-electron chi connectivity index (χ0n) is 10.1. The maximum Gasteiger partial charge on any atom is 0.267 e. The first-order valence-corrected chi connectivity index (χ1v) is 6.63. The molecule has 0 spiro atoms. The van der Waals surface area contributed by atoms with Gasteiger partial charge in [0, 0.05) is 17.9 Å². The molecule has 1 amide bonds. The fraction of sp³-hybridized carbons (Fsp3) is 0.231. The predicted molar refractivity (Wildman–Crippen MR) is 73.9 cm³/mol. The Morgan fingerprint density at radius 2 is 2.39 bits per heavy atom. The summed E-state index contributed by atoms with van der Waals surface area (Å²) in [5, 5.41) is 7.54. The summed E-state index contributed by atoms with van der Waals surface area (Å²) >= 11 is 1.70. The average Bonchev–Trinajstić information content (AvgIpc) is 2.82. The maximum absolute atomic E-state index is 11.0. The normalized spacial score (nSPS) is 12.1. The molecular formula is C13H15N3OS. The lowest BCUT2D eigenvalue weighted by molar-refractivity contribution is 0.0995. The molecule has 4 nitrogen and oxygen atoms in total. The van der Waals surface area contributed by atoms with Crippen molar-refractivity contribution in [3.8, 4) is 0 Å². The van der Waals surface area contributed by atoms with Gasteiger partial charge in [0.2, 0.25) is 0 Å². The quantitative estimate of drug-likeness (QED) is 0.867. The molecule has 0 aliphatic heterocycles. The van der Waals surface area contributed by atoms with Gasteiger partial charge in [-0.3, -0.25) is 9.78 Å². The summed E-state index contributed by atoms with van der Waals surface area (Å²) in [6, 6.07) is 5.90. The van der Waals surface area contributed by atoms with Crippen molar-refractivity contribution in [1.82, 2.24) is 4.98 Å². The van der Waals surface area contributed by atoms with E-state index in [1.54, 1.807) is 23.6 Å². The van der Waals surface area contributed by atoms with E-state index in [2.05, 4.69) is 34.1 Å². The highest BCUT2D eigenvalue weighted by Gasteiger charge is 2.06. The van der Waals surface area contributed by atoms with E-state index in [4.69, 9.17) is 5.73 Å². The molecule has 2 aromatic heterocycles. The van der Waals surface area contributed by atoms with Gasteiger partial charge in [-0.15, -0.1) is 0 Å². The molecule has 94 valence electrons. The van der Waals surface area contributed by atoms with Crippen LogP contribution in [0.15, 0.2) is 35.2 Å². The molecule has 18 heavy (non-hydrogen) atoms. The van der Waals surface area contributed by atoms with Crippen molar-refractivity contribution in [3.05, 3.63) is 46.4 Å². The minimum atomic E-state index is -0.510.